The number of nitrogens with zero attached hydrogens (tertiary/aromatic N) is 1. The minimum Gasteiger partial charge on any atom is -0.463 e. The number of nitrogens with two attached hydrogens (primary N) is 1. The number of amides is 3. The number of nitrogens with one attached hydrogen (secondary N) is 2. The van der Waals surface area contributed by atoms with E-state index in [1.807, 2.05) is 4.90 Å². The van der Waals surface area contributed by atoms with Gasteiger partial charge in [0.1, 0.15) is 5.82 Å². The SMILES string of the molecule is CCOC(=O)C1=C(CN2CCC(C(N)=O)CC2)NC(=O)N[C@H]1c1cccc(F)c1. The van der Waals surface area contributed by atoms with E-state index in [2.05, 4.69) is 10.6 Å². The Labute approximate surface area is 168 Å². The van der Waals surface area contributed by atoms with Crippen LogP contribution in [0.2, 0.25) is 0 Å². The number of rotatable bonds is 6. The maximum atomic E-state index is 13.8. The summed E-state index contributed by atoms with van der Waals surface area (Å²) in [6.07, 6.45) is 1.24. The Morgan fingerprint density at radius 1 is 1.31 bits per heavy atom. The van der Waals surface area contributed by atoms with Gasteiger partial charge in [0.15, 0.2) is 0 Å². The highest BCUT2D eigenvalue weighted by Gasteiger charge is 2.35. The fourth-order valence-electron chi connectivity index (χ4n) is 3.73. The Bertz CT molecular complexity index is 834. The van der Waals surface area contributed by atoms with Crippen molar-refractivity contribution >= 4 is 17.9 Å². The summed E-state index contributed by atoms with van der Waals surface area (Å²) in [7, 11) is 0. The Kier molecular flexibility index (Phi) is 6.48. The van der Waals surface area contributed by atoms with Crippen LogP contribution in [0.4, 0.5) is 9.18 Å². The third kappa shape index (κ3) is 4.92. The molecule has 1 saturated heterocycles. The normalized spacial score (nSPS) is 20.8. The van der Waals surface area contributed by atoms with Gasteiger partial charge < -0.3 is 21.1 Å². The van der Waals surface area contributed by atoms with Crippen molar-refractivity contribution in [2.75, 3.05) is 26.2 Å². The van der Waals surface area contributed by atoms with Crippen LogP contribution in [0.15, 0.2) is 35.5 Å². The van der Waals surface area contributed by atoms with Crippen molar-refractivity contribution in [2.45, 2.75) is 25.8 Å². The molecule has 0 saturated carbocycles. The minimum absolute atomic E-state index is 0.160. The molecule has 3 amide bonds. The summed E-state index contributed by atoms with van der Waals surface area (Å²) in [5.74, 6) is -1.50. The Balaban J connectivity index is 1.90. The van der Waals surface area contributed by atoms with Crippen LogP contribution < -0.4 is 16.4 Å². The van der Waals surface area contributed by atoms with E-state index in [-0.39, 0.29) is 24.0 Å². The molecule has 0 radical (unpaired) electrons. The number of primary amides is 1. The zero-order valence-electron chi connectivity index (χ0n) is 16.2. The third-order valence-corrected chi connectivity index (χ3v) is 5.20. The van der Waals surface area contributed by atoms with Gasteiger partial charge in [0, 0.05) is 18.2 Å². The first-order chi connectivity index (χ1) is 13.9. The molecule has 2 heterocycles. The van der Waals surface area contributed by atoms with Crippen molar-refractivity contribution in [2.24, 2.45) is 11.7 Å². The molecule has 0 bridgehead atoms. The molecular formula is C20H25FN4O4. The average Bonchev–Trinajstić information content (AvgIpc) is 2.68. The van der Waals surface area contributed by atoms with Gasteiger partial charge in [-0.2, -0.15) is 0 Å². The van der Waals surface area contributed by atoms with Crippen LogP contribution >= 0.6 is 0 Å². The van der Waals surface area contributed by atoms with E-state index in [1.165, 1.54) is 18.2 Å². The van der Waals surface area contributed by atoms with Crippen molar-refractivity contribution in [1.82, 2.24) is 15.5 Å². The Morgan fingerprint density at radius 2 is 2.03 bits per heavy atom. The molecule has 29 heavy (non-hydrogen) atoms. The lowest BCUT2D eigenvalue weighted by atomic mass is 9.93. The quantitative estimate of drug-likeness (QED) is 0.617. The highest BCUT2D eigenvalue weighted by molar-refractivity contribution is 5.95. The number of hydrogen-bond acceptors (Lipinski definition) is 5. The van der Waals surface area contributed by atoms with Crippen molar-refractivity contribution in [3.8, 4) is 0 Å². The first kappa shape index (κ1) is 20.8. The van der Waals surface area contributed by atoms with E-state index < -0.39 is 23.9 Å². The van der Waals surface area contributed by atoms with Crippen LogP contribution in [0.5, 0.6) is 0 Å². The number of piperidine rings is 1. The zero-order valence-corrected chi connectivity index (χ0v) is 16.2. The molecule has 1 aromatic carbocycles. The molecule has 1 atom stereocenters. The number of carbonyl (C=O) groups excluding carboxylic acids is 3. The summed E-state index contributed by atoms with van der Waals surface area (Å²) >= 11 is 0. The smallest absolute Gasteiger partial charge is 0.338 e. The van der Waals surface area contributed by atoms with E-state index in [4.69, 9.17) is 10.5 Å². The molecule has 0 spiro atoms. The molecule has 4 N–H and O–H groups in total. The largest absolute Gasteiger partial charge is 0.463 e. The highest BCUT2D eigenvalue weighted by atomic mass is 19.1. The Morgan fingerprint density at radius 3 is 2.66 bits per heavy atom. The molecule has 0 unspecified atom stereocenters. The van der Waals surface area contributed by atoms with Gasteiger partial charge in [0.25, 0.3) is 0 Å². The van der Waals surface area contributed by atoms with Gasteiger partial charge in [-0.1, -0.05) is 12.1 Å². The number of carbonyl (C=O) groups is 3. The van der Waals surface area contributed by atoms with Crippen LogP contribution in [0.3, 0.4) is 0 Å². The Hall–Kier alpha value is -2.94. The van der Waals surface area contributed by atoms with Crippen molar-refractivity contribution in [3.63, 3.8) is 0 Å². The van der Waals surface area contributed by atoms with Crippen LogP contribution in [-0.2, 0) is 14.3 Å². The lowest BCUT2D eigenvalue weighted by Gasteiger charge is -2.34. The molecule has 9 heteroatoms. The number of urea groups is 1. The molecule has 2 aliphatic rings. The number of ether oxygens (including phenoxy) is 1. The summed E-state index contributed by atoms with van der Waals surface area (Å²) in [5, 5.41) is 5.39. The van der Waals surface area contributed by atoms with Crippen LogP contribution in [0.25, 0.3) is 0 Å². The van der Waals surface area contributed by atoms with Crippen molar-refractivity contribution in [1.29, 1.82) is 0 Å². The summed E-state index contributed by atoms with van der Waals surface area (Å²) in [6.45, 7) is 3.39. The van der Waals surface area contributed by atoms with E-state index in [9.17, 15) is 18.8 Å². The van der Waals surface area contributed by atoms with Crippen LogP contribution in [0.1, 0.15) is 31.4 Å². The van der Waals surface area contributed by atoms with Gasteiger partial charge in [-0.05, 0) is 50.6 Å². The minimum atomic E-state index is -0.823. The first-order valence-corrected chi connectivity index (χ1v) is 9.63. The molecule has 2 aliphatic heterocycles. The molecule has 8 nitrogen and oxygen atoms in total. The van der Waals surface area contributed by atoms with Gasteiger partial charge in [-0.15, -0.1) is 0 Å². The molecule has 0 aliphatic carbocycles. The lowest BCUT2D eigenvalue weighted by molar-refractivity contribution is -0.139. The fourth-order valence-corrected chi connectivity index (χ4v) is 3.73. The monoisotopic (exact) mass is 404 g/mol. The van der Waals surface area contributed by atoms with E-state index in [1.54, 1.807) is 13.0 Å². The summed E-state index contributed by atoms with van der Waals surface area (Å²) in [6, 6.07) is 4.45. The maximum Gasteiger partial charge on any atom is 0.338 e. The molecular weight excluding hydrogens is 379 g/mol. The number of esters is 1. The molecule has 1 aromatic rings. The third-order valence-electron chi connectivity index (χ3n) is 5.20. The molecule has 1 fully saturated rings. The summed E-state index contributed by atoms with van der Waals surface area (Å²) in [5.41, 5.74) is 6.49. The van der Waals surface area contributed by atoms with Crippen molar-refractivity contribution < 1.29 is 23.5 Å². The van der Waals surface area contributed by atoms with Gasteiger partial charge >= 0.3 is 12.0 Å². The molecule has 156 valence electrons. The highest BCUT2D eigenvalue weighted by Crippen LogP contribution is 2.29. The number of likely N-dealkylation sites (tertiary alicyclic amines) is 1. The average molecular weight is 404 g/mol. The van der Waals surface area contributed by atoms with Crippen LogP contribution in [-0.4, -0.2) is 49.0 Å². The predicted molar refractivity (Wildman–Crippen MR) is 103 cm³/mol. The summed E-state index contributed by atoms with van der Waals surface area (Å²) < 4.78 is 19.0. The van der Waals surface area contributed by atoms with Gasteiger partial charge in [0.2, 0.25) is 5.91 Å². The fraction of sp³-hybridized carbons (Fsp3) is 0.450. The van der Waals surface area contributed by atoms with Crippen molar-refractivity contribution in [3.05, 3.63) is 46.9 Å². The predicted octanol–water partition coefficient (Wildman–Crippen LogP) is 1.19. The topological polar surface area (TPSA) is 114 Å². The summed E-state index contributed by atoms with van der Waals surface area (Å²) in [4.78, 5) is 38.4. The second-order valence-corrected chi connectivity index (χ2v) is 7.15. The molecule has 3 rings (SSSR count). The second kappa shape index (κ2) is 9.04. The first-order valence-electron chi connectivity index (χ1n) is 9.63. The molecule has 0 aromatic heterocycles. The van der Waals surface area contributed by atoms with Gasteiger partial charge in [0.05, 0.1) is 18.2 Å². The van der Waals surface area contributed by atoms with Gasteiger partial charge in [-0.25, -0.2) is 14.0 Å². The maximum absolute atomic E-state index is 13.8. The van der Waals surface area contributed by atoms with Gasteiger partial charge in [-0.3, -0.25) is 9.69 Å². The number of benzene rings is 1. The van der Waals surface area contributed by atoms with Crippen LogP contribution in [0, 0.1) is 11.7 Å². The number of hydrogen-bond donors (Lipinski definition) is 3. The number of halogens is 1. The lowest BCUT2D eigenvalue weighted by Crippen LogP contribution is -2.49. The van der Waals surface area contributed by atoms with E-state index in [0.717, 1.165) is 0 Å². The standard InChI is InChI=1S/C20H25FN4O4/c1-2-29-19(27)16-15(11-25-8-6-12(7-9-25)18(22)26)23-20(28)24-17(16)13-4-3-5-14(21)10-13/h3-5,10,12,17H,2,6-9,11H2,1H3,(H2,22,26)(H2,23,24,28)/t17-/m0/s1. The van der Waals surface area contributed by atoms with E-state index in [0.29, 0.717) is 43.7 Å². The van der Waals surface area contributed by atoms with E-state index >= 15 is 0 Å². The zero-order chi connectivity index (χ0) is 21.0. The second-order valence-electron chi connectivity index (χ2n) is 7.15.